The van der Waals surface area contributed by atoms with Crippen LogP contribution in [-0.2, 0) is 13.4 Å². The van der Waals surface area contributed by atoms with Gasteiger partial charge in [0, 0.05) is 6.42 Å². The van der Waals surface area contributed by atoms with Gasteiger partial charge in [-0.2, -0.15) is 0 Å². The molecule has 0 radical (unpaired) electrons. The molecule has 0 heterocycles. The van der Waals surface area contributed by atoms with E-state index in [-0.39, 0.29) is 16.5 Å². The van der Waals surface area contributed by atoms with E-state index in [1.807, 2.05) is 20.0 Å². The summed E-state index contributed by atoms with van der Waals surface area (Å²) in [5, 5.41) is -0.189. The van der Waals surface area contributed by atoms with Crippen molar-refractivity contribution < 1.29 is 23.2 Å². The van der Waals surface area contributed by atoms with Crippen molar-refractivity contribution in [3.05, 3.63) is 0 Å². The number of unbranched alkanes of at least 4 members (excludes halogenated alkanes) is 1. The zero-order chi connectivity index (χ0) is 18.7. The van der Waals surface area contributed by atoms with Crippen molar-refractivity contribution in [3.63, 3.8) is 0 Å². The Labute approximate surface area is 145 Å². The van der Waals surface area contributed by atoms with Gasteiger partial charge in [-0.15, -0.1) is 0 Å². The van der Waals surface area contributed by atoms with Crippen LogP contribution in [0.2, 0.25) is 23.2 Å². The molecule has 2 unspecified atom stereocenters. The van der Waals surface area contributed by atoms with E-state index in [0.717, 1.165) is 6.42 Å². The van der Waals surface area contributed by atoms with E-state index in [1.165, 1.54) is 0 Å². The third-order valence-electron chi connectivity index (χ3n) is 4.45. The summed E-state index contributed by atoms with van der Waals surface area (Å²) in [5.74, 6) is 0. The molecule has 0 aromatic carbocycles. The predicted molar refractivity (Wildman–Crippen MR) is 102 cm³/mol. The quantitative estimate of drug-likeness (QED) is 0.370. The van der Waals surface area contributed by atoms with Gasteiger partial charge in [0.1, 0.15) is 0 Å². The zero-order valence-corrected chi connectivity index (χ0v) is 19.5. The smallest absolute Gasteiger partial charge is 0.382 e. The van der Waals surface area contributed by atoms with Crippen molar-refractivity contribution in [1.29, 1.82) is 0 Å². The highest BCUT2D eigenvalue weighted by Gasteiger charge is 2.53. The lowest BCUT2D eigenvalue weighted by Crippen LogP contribution is -2.47. The van der Waals surface area contributed by atoms with Crippen LogP contribution in [0.15, 0.2) is 0 Å². The molecule has 0 aliphatic carbocycles. The summed E-state index contributed by atoms with van der Waals surface area (Å²) < 4.78 is 24.6. The molecule has 8 heteroatoms. The van der Waals surface area contributed by atoms with Gasteiger partial charge < -0.3 is 18.6 Å². The van der Waals surface area contributed by atoms with Gasteiger partial charge in [0.15, 0.2) is 18.1 Å². The largest absolute Gasteiger partial charge is 0.385 e. The molecule has 0 rings (SSSR count). The van der Waals surface area contributed by atoms with Gasteiger partial charge in [-0.25, -0.2) is 0 Å². The van der Waals surface area contributed by atoms with Crippen molar-refractivity contribution in [2.75, 3.05) is 0 Å². The van der Waals surface area contributed by atoms with E-state index < -0.39 is 31.2 Å². The molecule has 0 fully saturated rings. The summed E-state index contributed by atoms with van der Waals surface area (Å²) in [6.45, 7) is 18.3. The monoisotopic (exact) mass is 384 g/mol. The van der Waals surface area contributed by atoms with Gasteiger partial charge >= 0.3 is 7.60 Å². The molecule has 2 N–H and O–H groups in total. The lowest BCUT2D eigenvalue weighted by molar-refractivity contribution is -0.0764. The summed E-state index contributed by atoms with van der Waals surface area (Å²) in [5.41, 5.74) is -1.76. The number of hydrogen-bond acceptors (Lipinski definition) is 3. The van der Waals surface area contributed by atoms with Crippen molar-refractivity contribution in [2.45, 2.75) is 96.4 Å². The maximum absolute atomic E-state index is 12.4. The van der Waals surface area contributed by atoms with Crippen LogP contribution >= 0.6 is 7.60 Å². The first kappa shape index (κ1) is 23.5. The Kier molecular flexibility index (Phi) is 8.44. The summed E-state index contributed by atoms with van der Waals surface area (Å²) in [4.78, 5) is 20.2. The van der Waals surface area contributed by atoms with Crippen LogP contribution in [0.4, 0.5) is 0 Å². The molecule has 0 amide bonds. The summed E-state index contributed by atoms with van der Waals surface area (Å²) in [7, 11) is -8.29. The van der Waals surface area contributed by atoms with Crippen molar-refractivity contribution in [3.8, 4) is 0 Å². The van der Waals surface area contributed by atoms with Crippen molar-refractivity contribution in [1.82, 2.24) is 0 Å². The van der Waals surface area contributed by atoms with Gasteiger partial charge in [-0.3, -0.25) is 4.57 Å². The first-order chi connectivity index (χ1) is 10.1. The van der Waals surface area contributed by atoms with E-state index in [4.69, 9.17) is 8.85 Å². The second-order valence-corrected chi connectivity index (χ2v) is 16.9. The second-order valence-electron chi connectivity index (χ2n) is 8.61. The minimum Gasteiger partial charge on any atom is -0.385 e. The van der Waals surface area contributed by atoms with E-state index in [2.05, 4.69) is 41.5 Å². The Morgan fingerprint density at radius 3 is 1.48 bits per heavy atom. The topological polar surface area (TPSA) is 76.0 Å². The molecule has 2 atom stereocenters. The summed E-state index contributed by atoms with van der Waals surface area (Å²) in [6.07, 6.45) is 1.75. The molecule has 0 bridgehead atoms. The van der Waals surface area contributed by atoms with Crippen molar-refractivity contribution >= 4 is 25.7 Å². The Morgan fingerprint density at radius 1 is 0.913 bits per heavy atom. The molecule has 140 valence electrons. The Balaban J connectivity index is 5.75. The Bertz CT molecular complexity index is 389. The van der Waals surface area contributed by atoms with E-state index in [9.17, 15) is 14.4 Å². The molecule has 0 saturated heterocycles. The molecule has 5 nitrogen and oxygen atoms in total. The molecule has 0 aromatic heterocycles. The van der Waals surface area contributed by atoms with E-state index in [0.29, 0.717) is 6.42 Å². The lowest BCUT2D eigenvalue weighted by atomic mass is 10.2. The average Bonchev–Trinajstić information content (AvgIpc) is 2.31. The predicted octanol–water partition coefficient (Wildman–Crippen LogP) is 4.35. The number of rotatable bonds is 8. The van der Waals surface area contributed by atoms with Crippen LogP contribution < -0.4 is 0 Å². The first-order valence-electron chi connectivity index (χ1n) is 8.48. The van der Waals surface area contributed by atoms with Crippen LogP contribution in [-0.4, -0.2) is 33.4 Å². The van der Waals surface area contributed by atoms with E-state index >= 15 is 0 Å². The highest BCUT2D eigenvalue weighted by Crippen LogP contribution is 2.57. The standard InChI is InChI=1S/C15H37O5PSi2/c1-10-11-12-15(21(16,17)18,19-22(8)13(2,3)4)20-23(9)14(5,6)7/h22-23H,10-12H2,1-9H3,(H2,16,17,18). The van der Waals surface area contributed by atoms with Crippen LogP contribution in [0.25, 0.3) is 0 Å². The first-order valence-corrected chi connectivity index (χ1v) is 14.5. The van der Waals surface area contributed by atoms with Crippen LogP contribution in [0.3, 0.4) is 0 Å². The third kappa shape index (κ3) is 7.10. The SMILES string of the molecule is CCCCC(O[SiH](C)C(C)(C)C)(O[SiH](C)C(C)(C)C)P(=O)(O)O. The minimum absolute atomic E-state index is 0.0947. The Hall–Kier alpha value is 0.504. The fourth-order valence-corrected chi connectivity index (χ4v) is 6.50. The van der Waals surface area contributed by atoms with E-state index in [1.54, 1.807) is 0 Å². The Morgan fingerprint density at radius 2 is 1.26 bits per heavy atom. The average molecular weight is 385 g/mol. The maximum atomic E-state index is 12.4. The maximum Gasteiger partial charge on any atom is 0.382 e. The minimum atomic E-state index is -4.56. The van der Waals surface area contributed by atoms with Gasteiger partial charge in [-0.05, 0) is 29.6 Å². The van der Waals surface area contributed by atoms with Gasteiger partial charge in [-0.1, -0.05) is 54.9 Å². The molecule has 0 aliphatic heterocycles. The van der Waals surface area contributed by atoms with Gasteiger partial charge in [0.2, 0.25) is 0 Å². The normalized spacial score (nSPS) is 19.3. The number of hydrogen-bond donors (Lipinski definition) is 2. The second kappa shape index (κ2) is 8.26. The third-order valence-corrected chi connectivity index (χ3v) is 12.5. The highest BCUT2D eigenvalue weighted by atomic mass is 31.2. The highest BCUT2D eigenvalue weighted by molar-refractivity contribution is 7.53. The lowest BCUT2D eigenvalue weighted by Gasteiger charge is -2.43. The molecular weight excluding hydrogens is 347 g/mol. The summed E-state index contributed by atoms with van der Waals surface area (Å²) in [6, 6.07) is 0. The fraction of sp³-hybridized carbons (Fsp3) is 1.00. The fourth-order valence-electron chi connectivity index (χ4n) is 1.73. The zero-order valence-electron chi connectivity index (χ0n) is 16.3. The van der Waals surface area contributed by atoms with Crippen molar-refractivity contribution in [2.24, 2.45) is 0 Å². The summed E-state index contributed by atoms with van der Waals surface area (Å²) >= 11 is 0. The molecule has 0 saturated carbocycles. The molecule has 0 aromatic rings. The molecule has 0 aliphatic rings. The van der Waals surface area contributed by atoms with Crippen LogP contribution in [0.5, 0.6) is 0 Å². The van der Waals surface area contributed by atoms with Gasteiger partial charge in [0.05, 0.1) is 0 Å². The molecule has 0 spiro atoms. The molecule has 23 heavy (non-hydrogen) atoms. The van der Waals surface area contributed by atoms with Crippen LogP contribution in [0.1, 0.15) is 67.7 Å². The van der Waals surface area contributed by atoms with Gasteiger partial charge in [0.25, 0.3) is 5.53 Å². The van der Waals surface area contributed by atoms with Crippen LogP contribution in [0, 0.1) is 0 Å². The molecular formula is C15H37O5PSi2.